The fraction of sp³-hybridized carbons (Fsp3) is 0.158. The van der Waals surface area contributed by atoms with E-state index in [1.807, 2.05) is 0 Å². The number of anilines is 2. The molecule has 0 fully saturated rings. The third-order valence-corrected chi connectivity index (χ3v) is 4.48. The second-order valence-corrected chi connectivity index (χ2v) is 6.45. The Hall–Kier alpha value is -4.08. The zero-order chi connectivity index (χ0) is 20.2. The van der Waals surface area contributed by atoms with Gasteiger partial charge < -0.3 is 16.0 Å². The predicted molar refractivity (Wildman–Crippen MR) is 103 cm³/mol. The molecule has 3 aromatic rings. The summed E-state index contributed by atoms with van der Waals surface area (Å²) in [4.78, 5) is 36.9. The van der Waals surface area contributed by atoms with Crippen LogP contribution in [0.3, 0.4) is 0 Å². The van der Waals surface area contributed by atoms with Crippen LogP contribution in [0.15, 0.2) is 54.9 Å². The van der Waals surface area contributed by atoms with Crippen molar-refractivity contribution in [2.24, 2.45) is 0 Å². The molecule has 1 aliphatic rings. The number of nitrogens with zero attached hydrogens (tertiary/aromatic N) is 4. The van der Waals surface area contributed by atoms with Crippen LogP contribution in [0.1, 0.15) is 23.2 Å². The maximum absolute atomic E-state index is 12.4. The Kier molecular flexibility index (Phi) is 4.97. The summed E-state index contributed by atoms with van der Waals surface area (Å²) in [5.41, 5.74) is 2.22. The number of hydrogen-bond acceptors (Lipinski definition) is 6. The lowest BCUT2D eigenvalue weighted by Gasteiger charge is -2.14. The normalized spacial score (nSPS) is 15.7. The van der Waals surface area contributed by atoms with Gasteiger partial charge in [-0.3, -0.25) is 14.4 Å². The average molecular weight is 391 g/mol. The molecule has 1 aliphatic heterocycles. The molecule has 0 aliphatic carbocycles. The first-order valence-corrected chi connectivity index (χ1v) is 8.94. The number of para-hydroxylation sites is 1. The molecule has 10 nitrogen and oxygen atoms in total. The quantitative estimate of drug-likeness (QED) is 0.598. The first-order chi connectivity index (χ1) is 14.1. The monoisotopic (exact) mass is 391 g/mol. The Morgan fingerprint density at radius 3 is 2.66 bits per heavy atom. The Labute approximate surface area is 165 Å². The van der Waals surface area contributed by atoms with E-state index >= 15 is 0 Å². The van der Waals surface area contributed by atoms with Crippen LogP contribution in [-0.2, 0) is 9.59 Å². The summed E-state index contributed by atoms with van der Waals surface area (Å²) < 4.78 is 1.50. The lowest BCUT2D eigenvalue weighted by Crippen LogP contribution is -2.41. The van der Waals surface area contributed by atoms with E-state index in [2.05, 4.69) is 31.5 Å². The molecule has 0 saturated heterocycles. The van der Waals surface area contributed by atoms with E-state index in [1.165, 1.54) is 11.0 Å². The zero-order valence-electron chi connectivity index (χ0n) is 15.2. The van der Waals surface area contributed by atoms with Crippen LogP contribution in [0.4, 0.5) is 11.4 Å². The van der Waals surface area contributed by atoms with Gasteiger partial charge in [0.05, 0.1) is 16.9 Å². The van der Waals surface area contributed by atoms with E-state index in [4.69, 9.17) is 0 Å². The first-order valence-electron chi connectivity index (χ1n) is 8.94. The average Bonchev–Trinajstić information content (AvgIpc) is 3.23. The topological polar surface area (TPSA) is 131 Å². The second kappa shape index (κ2) is 7.89. The number of hydrogen-bond donors (Lipinski definition) is 3. The highest BCUT2D eigenvalue weighted by atomic mass is 16.2. The third kappa shape index (κ3) is 4.10. The van der Waals surface area contributed by atoms with E-state index in [0.29, 0.717) is 16.9 Å². The van der Waals surface area contributed by atoms with E-state index in [1.54, 1.807) is 48.5 Å². The number of tetrazole rings is 1. The van der Waals surface area contributed by atoms with Crippen molar-refractivity contribution < 1.29 is 14.4 Å². The fourth-order valence-corrected chi connectivity index (χ4v) is 2.99. The van der Waals surface area contributed by atoms with Crippen LogP contribution >= 0.6 is 0 Å². The molecular weight excluding hydrogens is 374 g/mol. The van der Waals surface area contributed by atoms with Crippen molar-refractivity contribution in [2.75, 3.05) is 10.6 Å². The predicted octanol–water partition coefficient (Wildman–Crippen LogP) is 1.13. The lowest BCUT2D eigenvalue weighted by atomic mass is 10.1. The number of amides is 3. The van der Waals surface area contributed by atoms with Gasteiger partial charge in [-0.25, -0.2) is 4.68 Å². The minimum absolute atomic E-state index is 0.0729. The standard InChI is InChI=1S/C19H17N7O3/c27-17(21-12-5-7-13(8-6-12)26-11-20-24-25-26)10-9-16-19(29)22-15-4-2-1-3-14(15)18(28)23-16/h1-8,11,16H,9-10H2,(H,21,27)(H,22,29)(H,23,28). The molecule has 3 amide bonds. The second-order valence-electron chi connectivity index (χ2n) is 6.45. The van der Waals surface area contributed by atoms with Gasteiger partial charge in [0.15, 0.2) is 0 Å². The van der Waals surface area contributed by atoms with Gasteiger partial charge in [0.25, 0.3) is 5.91 Å². The summed E-state index contributed by atoms with van der Waals surface area (Å²) in [6.45, 7) is 0. The molecule has 2 heterocycles. The number of carbonyl (C=O) groups excluding carboxylic acids is 3. The van der Waals surface area contributed by atoms with Crippen molar-refractivity contribution >= 4 is 29.1 Å². The van der Waals surface area contributed by atoms with Crippen LogP contribution in [0, 0.1) is 0 Å². The van der Waals surface area contributed by atoms with Crippen LogP contribution < -0.4 is 16.0 Å². The fourth-order valence-electron chi connectivity index (χ4n) is 2.99. The van der Waals surface area contributed by atoms with Gasteiger partial charge in [-0.05, 0) is 53.2 Å². The number of nitrogens with one attached hydrogen (secondary N) is 3. The maximum atomic E-state index is 12.4. The molecular formula is C19H17N7O3. The summed E-state index contributed by atoms with van der Waals surface area (Å²) in [6.07, 6.45) is 1.72. The number of carbonyl (C=O) groups is 3. The van der Waals surface area contributed by atoms with Crippen LogP contribution in [-0.4, -0.2) is 44.0 Å². The molecule has 0 saturated carbocycles. The van der Waals surface area contributed by atoms with Crippen LogP contribution in [0.5, 0.6) is 0 Å². The Morgan fingerprint density at radius 1 is 1.10 bits per heavy atom. The van der Waals surface area contributed by atoms with Crippen molar-refractivity contribution in [1.29, 1.82) is 0 Å². The summed E-state index contributed by atoms with van der Waals surface area (Å²) in [7, 11) is 0. The Balaban J connectivity index is 1.34. The molecule has 4 rings (SSSR count). The van der Waals surface area contributed by atoms with Crippen molar-refractivity contribution in [2.45, 2.75) is 18.9 Å². The molecule has 1 atom stereocenters. The van der Waals surface area contributed by atoms with E-state index in [9.17, 15) is 14.4 Å². The molecule has 0 spiro atoms. The molecule has 1 unspecified atom stereocenters. The van der Waals surface area contributed by atoms with Crippen molar-refractivity contribution in [3.05, 3.63) is 60.4 Å². The highest BCUT2D eigenvalue weighted by molar-refractivity contribution is 6.09. The van der Waals surface area contributed by atoms with E-state index < -0.39 is 6.04 Å². The number of rotatable bonds is 5. The number of fused-ring (bicyclic) bond motifs is 1. The Bertz CT molecular complexity index is 1050. The summed E-state index contributed by atoms with van der Waals surface area (Å²) in [5.74, 6) is -0.951. The van der Waals surface area contributed by atoms with Crippen molar-refractivity contribution in [3.63, 3.8) is 0 Å². The molecule has 0 radical (unpaired) electrons. The largest absolute Gasteiger partial charge is 0.340 e. The molecule has 10 heteroatoms. The van der Waals surface area contributed by atoms with Crippen molar-refractivity contribution in [1.82, 2.24) is 25.5 Å². The van der Waals surface area contributed by atoms with E-state index in [0.717, 1.165) is 5.69 Å². The number of aromatic nitrogens is 4. The maximum Gasteiger partial charge on any atom is 0.254 e. The molecule has 0 bridgehead atoms. The van der Waals surface area contributed by atoms with Gasteiger partial charge in [-0.1, -0.05) is 12.1 Å². The van der Waals surface area contributed by atoms with Gasteiger partial charge in [0.2, 0.25) is 11.8 Å². The molecule has 3 N–H and O–H groups in total. The van der Waals surface area contributed by atoms with Gasteiger partial charge in [0, 0.05) is 12.1 Å². The highest BCUT2D eigenvalue weighted by Gasteiger charge is 2.27. The summed E-state index contributed by atoms with van der Waals surface area (Å²) >= 11 is 0. The van der Waals surface area contributed by atoms with Crippen LogP contribution in [0.2, 0.25) is 0 Å². The van der Waals surface area contributed by atoms with Gasteiger partial charge in [-0.2, -0.15) is 0 Å². The zero-order valence-corrected chi connectivity index (χ0v) is 15.2. The highest BCUT2D eigenvalue weighted by Crippen LogP contribution is 2.19. The van der Waals surface area contributed by atoms with Gasteiger partial charge in [-0.15, -0.1) is 5.10 Å². The van der Waals surface area contributed by atoms with Crippen LogP contribution in [0.25, 0.3) is 5.69 Å². The summed E-state index contributed by atoms with van der Waals surface area (Å²) in [6, 6.07) is 13.0. The molecule has 2 aromatic carbocycles. The van der Waals surface area contributed by atoms with Crippen molar-refractivity contribution in [3.8, 4) is 5.69 Å². The van der Waals surface area contributed by atoms with Gasteiger partial charge >= 0.3 is 0 Å². The smallest absolute Gasteiger partial charge is 0.254 e. The van der Waals surface area contributed by atoms with Gasteiger partial charge in [0.1, 0.15) is 12.4 Å². The molecule has 146 valence electrons. The number of benzene rings is 2. The molecule has 29 heavy (non-hydrogen) atoms. The first kappa shape index (κ1) is 18.3. The minimum atomic E-state index is -0.789. The Morgan fingerprint density at radius 2 is 1.90 bits per heavy atom. The lowest BCUT2D eigenvalue weighted by molar-refractivity contribution is -0.118. The SMILES string of the molecule is O=C(CCC1NC(=O)c2ccccc2NC1=O)Nc1ccc(-n2cnnn2)cc1. The third-order valence-electron chi connectivity index (χ3n) is 4.48. The minimum Gasteiger partial charge on any atom is -0.340 e. The van der Waals surface area contributed by atoms with E-state index in [-0.39, 0.29) is 30.6 Å². The summed E-state index contributed by atoms with van der Waals surface area (Å²) in [5, 5.41) is 19.1. The molecule has 1 aromatic heterocycles.